The zero-order chi connectivity index (χ0) is 14.9. The van der Waals surface area contributed by atoms with Crippen molar-refractivity contribution in [2.45, 2.75) is 72.0 Å². The van der Waals surface area contributed by atoms with Gasteiger partial charge in [0.15, 0.2) is 5.13 Å². The molecule has 1 aromatic heterocycles. The highest BCUT2D eigenvalue weighted by atomic mass is 32.1. The van der Waals surface area contributed by atoms with Crippen LogP contribution in [-0.2, 0) is 6.54 Å². The quantitative estimate of drug-likeness (QED) is 0.824. The summed E-state index contributed by atoms with van der Waals surface area (Å²) >= 11 is 1.86. The number of anilines is 1. The summed E-state index contributed by atoms with van der Waals surface area (Å²) in [4.78, 5) is 8.71. The Morgan fingerprint density at radius 2 is 1.90 bits per heavy atom. The van der Waals surface area contributed by atoms with Gasteiger partial charge in [-0.05, 0) is 31.6 Å². The topological polar surface area (TPSA) is 28.2 Å². The summed E-state index contributed by atoms with van der Waals surface area (Å²) in [5, 5.41) is 4.71. The molecule has 0 aliphatic heterocycles. The van der Waals surface area contributed by atoms with Crippen molar-refractivity contribution in [3.05, 3.63) is 10.6 Å². The van der Waals surface area contributed by atoms with Crippen LogP contribution < -0.4 is 10.2 Å². The predicted molar refractivity (Wildman–Crippen MR) is 88.8 cm³/mol. The second-order valence-electron chi connectivity index (χ2n) is 6.68. The van der Waals surface area contributed by atoms with Crippen molar-refractivity contribution in [3.63, 3.8) is 0 Å². The summed E-state index contributed by atoms with van der Waals surface area (Å²) in [5.74, 6) is 1.37. The largest absolute Gasteiger partial charge is 0.348 e. The Kier molecular flexibility index (Phi) is 5.08. The maximum absolute atomic E-state index is 4.92. The fraction of sp³-hybridized carbons (Fsp3) is 0.812. The minimum absolute atomic E-state index is 0.494. The lowest BCUT2D eigenvalue weighted by Crippen LogP contribution is -2.30. The van der Waals surface area contributed by atoms with Gasteiger partial charge in [-0.1, -0.05) is 27.7 Å². The molecule has 1 fully saturated rings. The third-order valence-corrected chi connectivity index (χ3v) is 5.31. The molecule has 1 aliphatic rings. The average molecular weight is 295 g/mol. The van der Waals surface area contributed by atoms with Crippen LogP contribution in [0, 0.1) is 5.92 Å². The summed E-state index contributed by atoms with van der Waals surface area (Å²) in [5.41, 5.74) is 1.27. The summed E-state index contributed by atoms with van der Waals surface area (Å²) in [6, 6.07) is 1.13. The minimum Gasteiger partial charge on any atom is -0.348 e. The highest BCUT2D eigenvalue weighted by Crippen LogP contribution is 2.38. The average Bonchev–Trinajstić information content (AvgIpc) is 3.13. The van der Waals surface area contributed by atoms with Crippen LogP contribution in [-0.4, -0.2) is 24.1 Å². The molecule has 0 bridgehead atoms. The SMILES string of the molecule is CC(C)NCc1sc(N(C)C(C)C2CC2)nc1C(C)C. The van der Waals surface area contributed by atoms with Crippen molar-refractivity contribution >= 4 is 16.5 Å². The van der Waals surface area contributed by atoms with Crippen molar-refractivity contribution in [2.24, 2.45) is 5.92 Å². The van der Waals surface area contributed by atoms with E-state index in [1.165, 1.54) is 28.5 Å². The molecule has 1 heterocycles. The first kappa shape index (κ1) is 15.8. The van der Waals surface area contributed by atoms with E-state index in [-0.39, 0.29) is 0 Å². The van der Waals surface area contributed by atoms with E-state index in [1.807, 2.05) is 11.3 Å². The van der Waals surface area contributed by atoms with Gasteiger partial charge >= 0.3 is 0 Å². The molecular formula is C16H29N3S. The van der Waals surface area contributed by atoms with E-state index in [0.717, 1.165) is 12.5 Å². The van der Waals surface area contributed by atoms with Crippen LogP contribution in [0.2, 0.25) is 0 Å². The van der Waals surface area contributed by atoms with Gasteiger partial charge in [-0.3, -0.25) is 0 Å². The fourth-order valence-electron chi connectivity index (χ4n) is 2.45. The van der Waals surface area contributed by atoms with Gasteiger partial charge < -0.3 is 10.2 Å². The zero-order valence-electron chi connectivity index (χ0n) is 13.7. The fourth-order valence-corrected chi connectivity index (χ4v) is 3.66. The first-order valence-electron chi connectivity index (χ1n) is 7.86. The molecule has 1 saturated carbocycles. The second kappa shape index (κ2) is 6.44. The standard InChI is InChI=1S/C16H29N3S/c1-10(2)15-14(9-17-11(3)4)20-16(18-15)19(6)12(5)13-7-8-13/h10-13,17H,7-9H2,1-6H3. The van der Waals surface area contributed by atoms with E-state index in [2.05, 4.69) is 51.9 Å². The van der Waals surface area contributed by atoms with Crippen molar-refractivity contribution in [2.75, 3.05) is 11.9 Å². The maximum atomic E-state index is 4.92. The number of rotatable bonds is 7. The molecule has 114 valence electrons. The van der Waals surface area contributed by atoms with Crippen LogP contribution in [0.5, 0.6) is 0 Å². The lowest BCUT2D eigenvalue weighted by atomic mass is 10.1. The molecule has 1 aliphatic carbocycles. The number of hydrogen-bond donors (Lipinski definition) is 1. The Morgan fingerprint density at radius 3 is 2.40 bits per heavy atom. The van der Waals surface area contributed by atoms with E-state index in [4.69, 9.17) is 4.98 Å². The highest BCUT2D eigenvalue weighted by molar-refractivity contribution is 7.15. The Morgan fingerprint density at radius 1 is 1.25 bits per heavy atom. The van der Waals surface area contributed by atoms with Crippen LogP contribution in [0.25, 0.3) is 0 Å². The predicted octanol–water partition coefficient (Wildman–Crippen LogP) is 4.00. The van der Waals surface area contributed by atoms with Crippen molar-refractivity contribution in [3.8, 4) is 0 Å². The second-order valence-corrected chi connectivity index (χ2v) is 7.75. The van der Waals surface area contributed by atoms with E-state index < -0.39 is 0 Å². The molecule has 3 nitrogen and oxygen atoms in total. The number of hydrogen-bond acceptors (Lipinski definition) is 4. The van der Waals surface area contributed by atoms with Crippen molar-refractivity contribution < 1.29 is 0 Å². The lowest BCUT2D eigenvalue weighted by molar-refractivity contribution is 0.587. The molecule has 1 unspecified atom stereocenters. The molecule has 20 heavy (non-hydrogen) atoms. The van der Waals surface area contributed by atoms with Gasteiger partial charge in [0.2, 0.25) is 0 Å². The van der Waals surface area contributed by atoms with Crippen LogP contribution >= 0.6 is 11.3 Å². The molecule has 4 heteroatoms. The third-order valence-electron chi connectivity index (χ3n) is 4.15. The normalized spacial score (nSPS) is 17.0. The molecule has 0 aromatic carbocycles. The Bertz CT molecular complexity index is 435. The van der Waals surface area contributed by atoms with Crippen LogP contribution in [0.3, 0.4) is 0 Å². The van der Waals surface area contributed by atoms with Crippen LogP contribution in [0.15, 0.2) is 0 Å². The Hall–Kier alpha value is -0.610. The van der Waals surface area contributed by atoms with Gasteiger partial charge in [0.25, 0.3) is 0 Å². The molecular weight excluding hydrogens is 266 g/mol. The molecule has 1 N–H and O–H groups in total. The molecule has 0 amide bonds. The number of nitrogens with one attached hydrogen (secondary N) is 1. The van der Waals surface area contributed by atoms with Gasteiger partial charge in [0.1, 0.15) is 0 Å². The summed E-state index contributed by atoms with van der Waals surface area (Å²) in [7, 11) is 2.20. The Balaban J connectivity index is 2.14. The van der Waals surface area contributed by atoms with Crippen LogP contribution in [0.4, 0.5) is 5.13 Å². The van der Waals surface area contributed by atoms with Gasteiger partial charge in [-0.25, -0.2) is 4.98 Å². The van der Waals surface area contributed by atoms with Crippen molar-refractivity contribution in [1.29, 1.82) is 0 Å². The van der Waals surface area contributed by atoms with Gasteiger partial charge in [-0.15, -0.1) is 11.3 Å². The van der Waals surface area contributed by atoms with E-state index in [9.17, 15) is 0 Å². The lowest BCUT2D eigenvalue weighted by Gasteiger charge is -2.24. The number of thiazole rings is 1. The molecule has 1 aromatic rings. The van der Waals surface area contributed by atoms with E-state index in [1.54, 1.807) is 0 Å². The zero-order valence-corrected chi connectivity index (χ0v) is 14.5. The smallest absolute Gasteiger partial charge is 0.185 e. The molecule has 1 atom stereocenters. The van der Waals surface area contributed by atoms with Crippen LogP contribution in [0.1, 0.15) is 63.9 Å². The van der Waals surface area contributed by atoms with Gasteiger partial charge in [0.05, 0.1) is 5.69 Å². The Labute approximate surface area is 127 Å². The molecule has 0 saturated heterocycles. The monoisotopic (exact) mass is 295 g/mol. The highest BCUT2D eigenvalue weighted by Gasteiger charge is 2.32. The van der Waals surface area contributed by atoms with Gasteiger partial charge in [-0.2, -0.15) is 0 Å². The number of aromatic nitrogens is 1. The molecule has 2 rings (SSSR count). The summed E-state index contributed by atoms with van der Waals surface area (Å²) in [6.45, 7) is 12.1. The summed E-state index contributed by atoms with van der Waals surface area (Å²) < 4.78 is 0. The van der Waals surface area contributed by atoms with Crippen molar-refractivity contribution in [1.82, 2.24) is 10.3 Å². The number of nitrogens with zero attached hydrogens (tertiary/aromatic N) is 2. The maximum Gasteiger partial charge on any atom is 0.185 e. The first-order valence-corrected chi connectivity index (χ1v) is 8.67. The molecule has 0 radical (unpaired) electrons. The van der Waals surface area contributed by atoms with E-state index in [0.29, 0.717) is 18.0 Å². The third kappa shape index (κ3) is 3.73. The summed E-state index contributed by atoms with van der Waals surface area (Å²) in [6.07, 6.45) is 2.77. The minimum atomic E-state index is 0.494. The van der Waals surface area contributed by atoms with E-state index >= 15 is 0 Å². The van der Waals surface area contributed by atoms with Gasteiger partial charge in [0, 0.05) is 30.6 Å². The first-order chi connectivity index (χ1) is 9.40. The molecule has 0 spiro atoms.